The van der Waals surface area contributed by atoms with Crippen molar-refractivity contribution >= 4 is 16.6 Å². The lowest BCUT2D eigenvalue weighted by atomic mass is 10.1. The smallest absolute Gasteiger partial charge is 0.158 e. The van der Waals surface area contributed by atoms with Crippen LogP contribution >= 0.6 is 0 Å². The lowest BCUT2D eigenvalue weighted by Gasteiger charge is -2.15. The van der Waals surface area contributed by atoms with Gasteiger partial charge in [0.1, 0.15) is 11.5 Å². The SMILES string of the molecule is CCOc1ccc(-n2c(C)c3c(C)nnc(NCc4cnn(C)c4)c3c2C)c(OC)c1. The van der Waals surface area contributed by atoms with Crippen molar-refractivity contribution < 1.29 is 9.47 Å². The van der Waals surface area contributed by atoms with Gasteiger partial charge in [0.25, 0.3) is 0 Å². The predicted octanol–water partition coefficient (Wildman–Crippen LogP) is 4.10. The van der Waals surface area contributed by atoms with Gasteiger partial charge in [-0.3, -0.25) is 4.68 Å². The van der Waals surface area contributed by atoms with Crippen LogP contribution in [-0.4, -0.2) is 38.3 Å². The molecule has 31 heavy (non-hydrogen) atoms. The van der Waals surface area contributed by atoms with Gasteiger partial charge in [-0.25, -0.2) is 0 Å². The Morgan fingerprint density at radius 2 is 1.84 bits per heavy atom. The Morgan fingerprint density at radius 3 is 2.52 bits per heavy atom. The molecule has 1 N–H and O–H groups in total. The third-order valence-electron chi connectivity index (χ3n) is 5.46. The normalized spacial score (nSPS) is 11.2. The summed E-state index contributed by atoms with van der Waals surface area (Å²) in [6.07, 6.45) is 3.83. The lowest BCUT2D eigenvalue weighted by Crippen LogP contribution is -2.04. The van der Waals surface area contributed by atoms with Crippen LogP contribution in [-0.2, 0) is 13.6 Å². The molecule has 0 aliphatic heterocycles. The Bertz CT molecular complexity index is 1240. The minimum absolute atomic E-state index is 0.608. The first-order chi connectivity index (χ1) is 14.9. The van der Waals surface area contributed by atoms with E-state index in [9.17, 15) is 0 Å². The molecule has 0 amide bonds. The molecule has 0 aliphatic carbocycles. The van der Waals surface area contributed by atoms with Gasteiger partial charge in [0.2, 0.25) is 0 Å². The van der Waals surface area contributed by atoms with E-state index in [0.29, 0.717) is 13.2 Å². The average Bonchev–Trinajstić information content (AvgIpc) is 3.29. The number of hydrogen-bond donors (Lipinski definition) is 1. The van der Waals surface area contributed by atoms with E-state index in [1.165, 1.54) is 0 Å². The quantitative estimate of drug-likeness (QED) is 0.485. The highest BCUT2D eigenvalue weighted by Crippen LogP contribution is 2.37. The van der Waals surface area contributed by atoms with Crippen molar-refractivity contribution in [1.82, 2.24) is 24.5 Å². The highest BCUT2D eigenvalue weighted by atomic mass is 16.5. The average molecular weight is 421 g/mol. The molecule has 0 bridgehead atoms. The molecule has 4 rings (SSSR count). The van der Waals surface area contributed by atoms with Crippen LogP contribution in [0.2, 0.25) is 0 Å². The molecular formula is C23H28N6O2. The van der Waals surface area contributed by atoms with Crippen LogP contribution in [0.5, 0.6) is 11.5 Å². The zero-order chi connectivity index (χ0) is 22.1. The molecule has 4 aromatic rings. The second-order valence-electron chi connectivity index (χ2n) is 7.53. The predicted molar refractivity (Wildman–Crippen MR) is 121 cm³/mol. The second-order valence-corrected chi connectivity index (χ2v) is 7.53. The van der Waals surface area contributed by atoms with Crippen LogP contribution in [0.25, 0.3) is 16.5 Å². The number of nitrogens with zero attached hydrogens (tertiary/aromatic N) is 5. The van der Waals surface area contributed by atoms with E-state index in [4.69, 9.17) is 9.47 Å². The van der Waals surface area contributed by atoms with Crippen molar-refractivity contribution in [2.45, 2.75) is 34.2 Å². The van der Waals surface area contributed by atoms with Crippen molar-refractivity contribution in [3.05, 3.63) is 53.2 Å². The van der Waals surface area contributed by atoms with Gasteiger partial charge >= 0.3 is 0 Å². The maximum Gasteiger partial charge on any atom is 0.158 e. The van der Waals surface area contributed by atoms with Crippen LogP contribution in [0.4, 0.5) is 5.82 Å². The van der Waals surface area contributed by atoms with E-state index >= 15 is 0 Å². The maximum atomic E-state index is 5.70. The number of methoxy groups -OCH3 is 1. The molecule has 0 atom stereocenters. The summed E-state index contributed by atoms with van der Waals surface area (Å²) in [6, 6.07) is 5.92. The number of fused-ring (bicyclic) bond motifs is 1. The fourth-order valence-corrected chi connectivity index (χ4v) is 4.13. The van der Waals surface area contributed by atoms with E-state index in [-0.39, 0.29) is 0 Å². The Hall–Kier alpha value is -3.55. The lowest BCUT2D eigenvalue weighted by molar-refractivity contribution is 0.336. The van der Waals surface area contributed by atoms with Crippen molar-refractivity contribution in [2.75, 3.05) is 19.0 Å². The third kappa shape index (κ3) is 3.69. The second kappa shape index (κ2) is 8.29. The maximum absolute atomic E-state index is 5.70. The summed E-state index contributed by atoms with van der Waals surface area (Å²) in [4.78, 5) is 0. The molecule has 8 nitrogen and oxygen atoms in total. The van der Waals surface area contributed by atoms with Crippen LogP contribution in [0, 0.1) is 20.8 Å². The molecule has 3 heterocycles. The monoisotopic (exact) mass is 420 g/mol. The molecule has 1 aromatic carbocycles. The minimum atomic E-state index is 0.608. The fraction of sp³-hybridized carbons (Fsp3) is 0.348. The van der Waals surface area contributed by atoms with Gasteiger partial charge in [-0.05, 0) is 39.8 Å². The Labute approximate surface area is 181 Å². The van der Waals surface area contributed by atoms with Gasteiger partial charge in [0.15, 0.2) is 5.82 Å². The molecule has 0 spiro atoms. The Kier molecular flexibility index (Phi) is 5.54. The fourth-order valence-electron chi connectivity index (χ4n) is 4.13. The van der Waals surface area contributed by atoms with Crippen molar-refractivity contribution in [1.29, 1.82) is 0 Å². The van der Waals surface area contributed by atoms with E-state index in [0.717, 1.165) is 56.4 Å². The van der Waals surface area contributed by atoms with Crippen molar-refractivity contribution in [2.24, 2.45) is 7.05 Å². The van der Waals surface area contributed by atoms with Crippen LogP contribution < -0.4 is 14.8 Å². The van der Waals surface area contributed by atoms with Crippen molar-refractivity contribution in [3.8, 4) is 17.2 Å². The molecular weight excluding hydrogens is 392 g/mol. The summed E-state index contributed by atoms with van der Waals surface area (Å²) in [5.74, 6) is 2.29. The zero-order valence-electron chi connectivity index (χ0n) is 18.9. The Balaban J connectivity index is 1.83. The van der Waals surface area contributed by atoms with E-state index in [1.54, 1.807) is 11.8 Å². The summed E-state index contributed by atoms with van der Waals surface area (Å²) in [6.45, 7) is 9.39. The number of ether oxygens (including phenoxy) is 2. The minimum Gasteiger partial charge on any atom is -0.494 e. The molecule has 8 heteroatoms. The van der Waals surface area contributed by atoms with Gasteiger partial charge < -0.3 is 19.4 Å². The van der Waals surface area contributed by atoms with Crippen LogP contribution in [0.1, 0.15) is 29.6 Å². The number of nitrogens with one attached hydrogen (secondary N) is 1. The first kappa shape index (κ1) is 20.7. The molecule has 0 saturated carbocycles. The summed E-state index contributed by atoms with van der Waals surface area (Å²) in [5.41, 5.74) is 5.09. The van der Waals surface area contributed by atoms with Gasteiger partial charge in [0, 0.05) is 53.6 Å². The summed E-state index contributed by atoms with van der Waals surface area (Å²) >= 11 is 0. The largest absolute Gasteiger partial charge is 0.494 e. The number of aryl methyl sites for hydroxylation is 4. The number of anilines is 1. The highest BCUT2D eigenvalue weighted by Gasteiger charge is 2.21. The number of hydrogen-bond acceptors (Lipinski definition) is 6. The molecule has 0 aliphatic rings. The van der Waals surface area contributed by atoms with Gasteiger partial charge in [0.05, 0.1) is 31.3 Å². The van der Waals surface area contributed by atoms with E-state index in [1.807, 2.05) is 51.5 Å². The first-order valence-corrected chi connectivity index (χ1v) is 10.3. The topological polar surface area (TPSA) is 79.0 Å². The van der Waals surface area contributed by atoms with Gasteiger partial charge in [-0.15, -0.1) is 5.10 Å². The van der Waals surface area contributed by atoms with Crippen LogP contribution in [0.15, 0.2) is 30.6 Å². The number of rotatable bonds is 7. The number of aromatic nitrogens is 5. The van der Waals surface area contributed by atoms with E-state index in [2.05, 4.69) is 39.0 Å². The standard InChI is InChI=1S/C23H28N6O2/c1-7-31-18-8-9-19(20(10-18)30-6)29-15(3)21-14(2)26-27-23(22(21)16(29)4)24-11-17-12-25-28(5)13-17/h8-10,12-13H,7,11H2,1-6H3,(H,24,27). The Morgan fingerprint density at radius 1 is 1.06 bits per heavy atom. The molecule has 0 saturated heterocycles. The third-order valence-corrected chi connectivity index (χ3v) is 5.46. The summed E-state index contributed by atoms with van der Waals surface area (Å²) in [7, 11) is 3.59. The molecule has 0 radical (unpaired) electrons. The number of benzene rings is 1. The van der Waals surface area contributed by atoms with Crippen molar-refractivity contribution in [3.63, 3.8) is 0 Å². The molecule has 0 unspecified atom stereocenters. The molecule has 3 aromatic heterocycles. The van der Waals surface area contributed by atoms with Crippen LogP contribution in [0.3, 0.4) is 0 Å². The van der Waals surface area contributed by atoms with Gasteiger partial charge in [-0.2, -0.15) is 10.2 Å². The van der Waals surface area contributed by atoms with E-state index < -0.39 is 0 Å². The first-order valence-electron chi connectivity index (χ1n) is 10.3. The highest BCUT2D eigenvalue weighted by molar-refractivity contribution is 5.98. The summed E-state index contributed by atoms with van der Waals surface area (Å²) < 4.78 is 15.3. The summed E-state index contributed by atoms with van der Waals surface area (Å²) in [5, 5.41) is 18.7. The zero-order valence-corrected chi connectivity index (χ0v) is 18.9. The van der Waals surface area contributed by atoms with Gasteiger partial charge in [-0.1, -0.05) is 0 Å². The molecule has 162 valence electrons. The molecule has 0 fully saturated rings.